The Balaban J connectivity index is 4.02. The summed E-state index contributed by atoms with van der Waals surface area (Å²) >= 11 is 0. The minimum Gasteiger partial charge on any atom is -0.479 e. The van der Waals surface area contributed by atoms with Crippen molar-refractivity contribution in [2.75, 3.05) is 0 Å². The highest BCUT2D eigenvalue weighted by Gasteiger charge is 2.21. The summed E-state index contributed by atoms with van der Waals surface area (Å²) in [6.07, 6.45) is -1.81. The van der Waals surface area contributed by atoms with Crippen molar-refractivity contribution in [1.29, 1.82) is 0 Å². The Morgan fingerprint density at radius 3 is 2.19 bits per heavy atom. The Hall–Kier alpha value is -1.30. The van der Waals surface area contributed by atoms with Crippen LogP contribution in [0.5, 0.6) is 0 Å². The van der Waals surface area contributed by atoms with Crippen LogP contribution in [-0.4, -0.2) is 29.4 Å². The molecule has 0 aliphatic heterocycles. The van der Waals surface area contributed by atoms with Crippen molar-refractivity contribution in [3.05, 3.63) is 0 Å². The van der Waals surface area contributed by atoms with Gasteiger partial charge in [0.05, 0.1) is 6.10 Å². The van der Waals surface area contributed by atoms with Gasteiger partial charge in [0, 0.05) is 0 Å². The molecule has 0 saturated carbocycles. The van der Waals surface area contributed by atoms with Gasteiger partial charge >= 0.3 is 12.1 Å². The smallest absolute Gasteiger partial charge is 0.431 e. The van der Waals surface area contributed by atoms with E-state index in [1.54, 1.807) is 13.8 Å². The summed E-state index contributed by atoms with van der Waals surface area (Å²) in [5, 5.41) is 8.80. The van der Waals surface area contributed by atoms with E-state index in [-0.39, 0.29) is 12.0 Å². The Bertz CT molecular complexity index is 239. The van der Waals surface area contributed by atoms with Gasteiger partial charge in [-0.15, -0.1) is 0 Å². The summed E-state index contributed by atoms with van der Waals surface area (Å²) in [4.78, 5) is 26.5. The van der Waals surface area contributed by atoms with E-state index in [0.29, 0.717) is 6.42 Å². The molecule has 16 heavy (non-hydrogen) atoms. The summed E-state index contributed by atoms with van der Waals surface area (Å²) in [6.45, 7) is 7.10. The number of carboxylic acid groups (broad SMARTS) is 1. The molecule has 0 aromatic heterocycles. The molecule has 0 unspecified atom stereocenters. The quantitative estimate of drug-likeness (QED) is 0.680. The van der Waals surface area contributed by atoms with Crippen LogP contribution in [0.25, 0.3) is 0 Å². The first kappa shape index (κ1) is 14.7. The number of hydroxylamine groups is 1. The van der Waals surface area contributed by atoms with Crippen LogP contribution in [0.15, 0.2) is 0 Å². The van der Waals surface area contributed by atoms with Crippen LogP contribution in [0.1, 0.15) is 34.1 Å². The van der Waals surface area contributed by atoms with Gasteiger partial charge in [0.1, 0.15) is 0 Å². The maximum absolute atomic E-state index is 11.0. The number of aliphatic carboxylic acids is 1. The van der Waals surface area contributed by atoms with Crippen molar-refractivity contribution in [2.45, 2.75) is 46.3 Å². The molecule has 2 N–H and O–H groups in total. The fourth-order valence-corrected chi connectivity index (χ4v) is 0.985. The molecule has 1 amide bonds. The van der Waals surface area contributed by atoms with Crippen molar-refractivity contribution in [3.8, 4) is 0 Å². The second-order valence-electron chi connectivity index (χ2n) is 4.13. The predicted octanol–water partition coefficient (Wildman–Crippen LogP) is 1.55. The molecular weight excluding hydrogens is 214 g/mol. The largest absolute Gasteiger partial charge is 0.479 e. The number of rotatable bonds is 6. The maximum Gasteiger partial charge on any atom is 0.431 e. The number of hydrogen-bond acceptors (Lipinski definition) is 4. The Morgan fingerprint density at radius 2 is 1.81 bits per heavy atom. The zero-order chi connectivity index (χ0) is 12.7. The lowest BCUT2D eigenvalue weighted by molar-refractivity contribution is -0.156. The van der Waals surface area contributed by atoms with E-state index < -0.39 is 18.2 Å². The summed E-state index contributed by atoms with van der Waals surface area (Å²) in [6, 6.07) is 0. The van der Waals surface area contributed by atoms with Crippen LogP contribution in [0.4, 0.5) is 4.79 Å². The van der Waals surface area contributed by atoms with Gasteiger partial charge in [-0.05, 0) is 26.2 Å². The zero-order valence-corrected chi connectivity index (χ0v) is 10.0. The molecule has 0 fully saturated rings. The van der Waals surface area contributed by atoms with Crippen LogP contribution >= 0.6 is 0 Å². The lowest BCUT2D eigenvalue weighted by atomic mass is 10.1. The molecule has 0 radical (unpaired) electrons. The van der Waals surface area contributed by atoms with Crippen LogP contribution in [0.3, 0.4) is 0 Å². The van der Waals surface area contributed by atoms with Gasteiger partial charge in [0.25, 0.3) is 0 Å². The third-order valence-corrected chi connectivity index (χ3v) is 1.59. The highest BCUT2D eigenvalue weighted by molar-refractivity contribution is 5.73. The van der Waals surface area contributed by atoms with Crippen LogP contribution < -0.4 is 5.48 Å². The highest BCUT2D eigenvalue weighted by Crippen LogP contribution is 2.07. The Kier molecular flexibility index (Phi) is 6.48. The molecule has 0 spiro atoms. The van der Waals surface area contributed by atoms with Gasteiger partial charge in [0.2, 0.25) is 0 Å². The van der Waals surface area contributed by atoms with Gasteiger partial charge in [0.15, 0.2) is 6.10 Å². The minimum absolute atomic E-state index is 0.156. The number of carboxylic acids is 1. The molecule has 0 bridgehead atoms. The number of carbonyl (C=O) groups is 2. The molecule has 0 aromatic rings. The zero-order valence-electron chi connectivity index (χ0n) is 10.0. The standard InChI is InChI=1S/C10H19NO5/c1-6(2)5-8(9(12)13)16-11-10(14)15-7(3)4/h6-8H,5H2,1-4H3,(H,11,14)(H,12,13)/t8-/m1/s1. The van der Waals surface area contributed by atoms with Crippen LogP contribution in [0, 0.1) is 5.92 Å². The second-order valence-corrected chi connectivity index (χ2v) is 4.13. The Morgan fingerprint density at radius 1 is 1.25 bits per heavy atom. The first-order chi connectivity index (χ1) is 7.32. The van der Waals surface area contributed by atoms with Crippen molar-refractivity contribution in [3.63, 3.8) is 0 Å². The number of hydrogen-bond donors (Lipinski definition) is 2. The third kappa shape index (κ3) is 7.05. The van der Waals surface area contributed by atoms with Crippen molar-refractivity contribution in [1.82, 2.24) is 5.48 Å². The molecule has 0 saturated heterocycles. The fraction of sp³-hybridized carbons (Fsp3) is 0.800. The third-order valence-electron chi connectivity index (χ3n) is 1.59. The average molecular weight is 233 g/mol. The second kappa shape index (κ2) is 7.05. The van der Waals surface area contributed by atoms with E-state index in [9.17, 15) is 9.59 Å². The summed E-state index contributed by atoms with van der Waals surface area (Å²) in [7, 11) is 0. The lowest BCUT2D eigenvalue weighted by Gasteiger charge is -2.16. The van der Waals surface area contributed by atoms with Gasteiger partial charge in [-0.3, -0.25) is 4.84 Å². The molecule has 0 aliphatic carbocycles. The number of amides is 1. The molecule has 6 nitrogen and oxygen atoms in total. The van der Waals surface area contributed by atoms with Gasteiger partial charge in [-0.2, -0.15) is 5.48 Å². The van der Waals surface area contributed by atoms with Crippen LogP contribution in [-0.2, 0) is 14.4 Å². The average Bonchev–Trinajstić information content (AvgIpc) is 2.09. The van der Waals surface area contributed by atoms with Gasteiger partial charge in [-0.1, -0.05) is 13.8 Å². The monoisotopic (exact) mass is 233 g/mol. The minimum atomic E-state index is -1.11. The SMILES string of the molecule is CC(C)C[C@@H](ONC(=O)OC(C)C)C(=O)O. The van der Waals surface area contributed by atoms with E-state index >= 15 is 0 Å². The fourth-order valence-electron chi connectivity index (χ4n) is 0.985. The summed E-state index contributed by atoms with van der Waals surface area (Å²) in [5.41, 5.74) is 1.96. The lowest BCUT2D eigenvalue weighted by Crippen LogP contribution is -2.36. The first-order valence-electron chi connectivity index (χ1n) is 5.18. The van der Waals surface area contributed by atoms with E-state index in [0.717, 1.165) is 0 Å². The molecule has 0 rings (SSSR count). The molecule has 1 atom stereocenters. The van der Waals surface area contributed by atoms with Gasteiger partial charge in [-0.25, -0.2) is 9.59 Å². The van der Waals surface area contributed by atoms with Crippen molar-refractivity contribution in [2.24, 2.45) is 5.92 Å². The summed E-state index contributed by atoms with van der Waals surface area (Å²) < 4.78 is 4.72. The maximum atomic E-state index is 11.0. The number of ether oxygens (including phenoxy) is 1. The predicted molar refractivity (Wildman–Crippen MR) is 56.7 cm³/mol. The van der Waals surface area contributed by atoms with Crippen molar-refractivity contribution >= 4 is 12.1 Å². The van der Waals surface area contributed by atoms with E-state index in [4.69, 9.17) is 14.7 Å². The topological polar surface area (TPSA) is 84.9 Å². The molecule has 94 valence electrons. The van der Waals surface area contributed by atoms with E-state index in [2.05, 4.69) is 0 Å². The molecule has 0 aliphatic rings. The molecule has 6 heteroatoms. The number of nitrogens with one attached hydrogen (secondary N) is 1. The van der Waals surface area contributed by atoms with Crippen molar-refractivity contribution < 1.29 is 24.3 Å². The van der Waals surface area contributed by atoms with Gasteiger partial charge < -0.3 is 9.84 Å². The highest BCUT2D eigenvalue weighted by atomic mass is 16.7. The molecule has 0 heterocycles. The number of carbonyl (C=O) groups excluding carboxylic acids is 1. The normalized spacial score (nSPS) is 12.6. The van der Waals surface area contributed by atoms with E-state index in [1.165, 1.54) is 0 Å². The molecular formula is C10H19NO5. The Labute approximate surface area is 94.9 Å². The molecule has 0 aromatic carbocycles. The summed E-state index contributed by atoms with van der Waals surface area (Å²) in [5.74, 6) is -0.956. The van der Waals surface area contributed by atoms with E-state index in [1.807, 2.05) is 19.3 Å². The van der Waals surface area contributed by atoms with Crippen LogP contribution in [0.2, 0.25) is 0 Å². The first-order valence-corrected chi connectivity index (χ1v) is 5.18.